The predicted octanol–water partition coefficient (Wildman–Crippen LogP) is 3.30. The Labute approximate surface area is 156 Å². The smallest absolute Gasteiger partial charge is 0.258 e. The maximum absolute atomic E-state index is 12.3. The van der Waals surface area contributed by atoms with Gasteiger partial charge in [-0.05, 0) is 38.1 Å². The Morgan fingerprint density at radius 2 is 1.37 bits per heavy atom. The van der Waals surface area contributed by atoms with E-state index in [9.17, 15) is 14.7 Å². The minimum atomic E-state index is -0.416. The van der Waals surface area contributed by atoms with Crippen LogP contribution in [0.3, 0.4) is 0 Å². The van der Waals surface area contributed by atoms with E-state index in [1.54, 1.807) is 36.4 Å². The van der Waals surface area contributed by atoms with E-state index < -0.39 is 5.91 Å². The first kappa shape index (κ1) is 18.1. The Morgan fingerprint density at radius 1 is 0.815 bits per heavy atom. The number of aromatic nitrogens is 2. The van der Waals surface area contributed by atoms with Crippen LogP contribution in [0.5, 0.6) is 5.88 Å². The maximum Gasteiger partial charge on any atom is 0.258 e. The first-order chi connectivity index (χ1) is 12.9. The highest BCUT2D eigenvalue weighted by Crippen LogP contribution is 2.17. The first-order valence-electron chi connectivity index (χ1n) is 8.25. The zero-order valence-electron chi connectivity index (χ0n) is 14.9. The van der Waals surface area contributed by atoms with Crippen LogP contribution in [-0.4, -0.2) is 26.9 Å². The summed E-state index contributed by atoms with van der Waals surface area (Å²) in [5.74, 6) is -1.20. The number of nitrogens with zero attached hydrogens (tertiary/aromatic N) is 2. The van der Waals surface area contributed by atoms with Crippen molar-refractivity contribution in [3.8, 4) is 5.88 Å². The molecule has 1 heterocycles. The number of benzene rings is 2. The van der Waals surface area contributed by atoms with Crippen LogP contribution in [0.1, 0.15) is 31.8 Å². The van der Waals surface area contributed by atoms with Gasteiger partial charge in [0.1, 0.15) is 5.82 Å². The molecule has 0 radical (unpaired) electrons. The largest absolute Gasteiger partial charge is 0.493 e. The minimum Gasteiger partial charge on any atom is -0.493 e. The van der Waals surface area contributed by atoms with Crippen LogP contribution in [0.25, 0.3) is 0 Å². The third kappa shape index (κ3) is 4.66. The number of amides is 2. The summed E-state index contributed by atoms with van der Waals surface area (Å²) in [6.45, 7) is 3.76. The van der Waals surface area contributed by atoms with Gasteiger partial charge in [-0.25, -0.2) is 0 Å². The van der Waals surface area contributed by atoms with E-state index >= 15 is 0 Å². The van der Waals surface area contributed by atoms with Crippen molar-refractivity contribution in [2.75, 3.05) is 10.6 Å². The molecule has 0 fully saturated rings. The molecule has 0 bridgehead atoms. The molecule has 0 aliphatic rings. The molecular weight excluding hydrogens is 344 g/mol. The summed E-state index contributed by atoms with van der Waals surface area (Å²) in [4.78, 5) is 32.5. The lowest BCUT2D eigenvalue weighted by molar-refractivity contribution is 0.101. The van der Waals surface area contributed by atoms with Crippen molar-refractivity contribution < 1.29 is 14.7 Å². The predicted molar refractivity (Wildman–Crippen MR) is 102 cm³/mol. The van der Waals surface area contributed by atoms with E-state index in [0.29, 0.717) is 11.1 Å². The van der Waals surface area contributed by atoms with Crippen LogP contribution in [0.2, 0.25) is 0 Å². The number of carbonyl (C=O) groups is 2. The lowest BCUT2D eigenvalue weighted by atomic mass is 10.1. The van der Waals surface area contributed by atoms with E-state index in [1.165, 1.54) is 6.07 Å². The Bertz CT molecular complexity index is 940. The highest BCUT2D eigenvalue weighted by molar-refractivity contribution is 6.05. The van der Waals surface area contributed by atoms with Gasteiger partial charge in [-0.15, -0.1) is 0 Å². The second kappa shape index (κ2) is 7.65. The molecule has 1 aromatic heterocycles. The number of hydrogen-bond donors (Lipinski definition) is 3. The molecule has 0 saturated heterocycles. The fraction of sp³-hybridized carbons (Fsp3) is 0.100. The van der Waals surface area contributed by atoms with E-state index in [1.807, 2.05) is 26.0 Å². The summed E-state index contributed by atoms with van der Waals surface area (Å²) in [5.41, 5.74) is 2.77. The lowest BCUT2D eigenvalue weighted by Gasteiger charge is -2.09. The molecule has 2 aromatic carbocycles. The molecule has 7 heteroatoms. The highest BCUT2D eigenvalue weighted by atomic mass is 16.3. The third-order valence-electron chi connectivity index (χ3n) is 3.74. The molecule has 0 aliphatic heterocycles. The molecule has 3 N–H and O–H groups in total. The number of aromatic hydroxyl groups is 1. The van der Waals surface area contributed by atoms with Gasteiger partial charge in [0.25, 0.3) is 11.8 Å². The van der Waals surface area contributed by atoms with Gasteiger partial charge >= 0.3 is 0 Å². The second-order valence-corrected chi connectivity index (χ2v) is 6.08. The fourth-order valence-corrected chi connectivity index (χ4v) is 2.49. The molecule has 0 unspecified atom stereocenters. The number of nitrogens with one attached hydrogen (secondary N) is 2. The summed E-state index contributed by atoms with van der Waals surface area (Å²) >= 11 is 0. The van der Waals surface area contributed by atoms with Gasteiger partial charge in [0, 0.05) is 17.2 Å². The molecule has 0 atom stereocenters. The average molecular weight is 362 g/mol. The topological polar surface area (TPSA) is 104 Å². The van der Waals surface area contributed by atoms with Gasteiger partial charge < -0.3 is 10.4 Å². The normalized spacial score (nSPS) is 10.3. The van der Waals surface area contributed by atoms with Crippen LogP contribution < -0.4 is 10.6 Å². The summed E-state index contributed by atoms with van der Waals surface area (Å²) < 4.78 is 0. The highest BCUT2D eigenvalue weighted by Gasteiger charge is 2.13. The average Bonchev–Trinajstić information content (AvgIpc) is 2.61. The number of aryl methyl sites for hydroxylation is 2. The Hall–Kier alpha value is -3.74. The standard InChI is InChI=1S/C20H18N4O3/c1-12-5-3-7-14(9-12)18(26)21-16-11-17(25)23-20(22-16)24-19(27)15-8-4-6-13(2)10-15/h3-11H,1-2H3,(H3,21,22,23,24,25,26,27). The number of carbonyl (C=O) groups excluding carboxylic acids is 2. The Balaban J connectivity index is 1.78. The zero-order valence-corrected chi connectivity index (χ0v) is 14.9. The Morgan fingerprint density at radius 3 is 1.93 bits per heavy atom. The van der Waals surface area contributed by atoms with Gasteiger partial charge in [0.2, 0.25) is 11.8 Å². The van der Waals surface area contributed by atoms with Crippen LogP contribution in [0.15, 0.2) is 54.6 Å². The molecule has 27 heavy (non-hydrogen) atoms. The van der Waals surface area contributed by atoms with Crippen molar-refractivity contribution in [1.29, 1.82) is 0 Å². The first-order valence-corrected chi connectivity index (χ1v) is 8.25. The Kier molecular flexibility index (Phi) is 5.12. The molecule has 0 saturated carbocycles. The van der Waals surface area contributed by atoms with Crippen molar-refractivity contribution >= 4 is 23.6 Å². The molecule has 3 aromatic rings. The summed E-state index contributed by atoms with van der Waals surface area (Å²) in [6, 6.07) is 15.3. The van der Waals surface area contributed by atoms with E-state index in [4.69, 9.17) is 0 Å². The maximum atomic E-state index is 12.3. The molecule has 7 nitrogen and oxygen atoms in total. The van der Waals surface area contributed by atoms with Crippen LogP contribution in [0, 0.1) is 13.8 Å². The monoisotopic (exact) mass is 362 g/mol. The van der Waals surface area contributed by atoms with Gasteiger partial charge in [-0.2, -0.15) is 9.97 Å². The lowest BCUT2D eigenvalue weighted by Crippen LogP contribution is -2.17. The summed E-state index contributed by atoms with van der Waals surface area (Å²) in [6.07, 6.45) is 0. The SMILES string of the molecule is Cc1cccc(C(=O)Nc2cc(O)nc(NC(=O)c3cccc(C)c3)n2)c1. The third-order valence-corrected chi connectivity index (χ3v) is 3.74. The minimum absolute atomic E-state index is 0.0774. The quantitative estimate of drug-likeness (QED) is 0.660. The molecule has 3 rings (SSSR count). The second-order valence-electron chi connectivity index (χ2n) is 6.08. The van der Waals surface area contributed by atoms with E-state index in [-0.39, 0.29) is 23.6 Å². The van der Waals surface area contributed by atoms with Crippen molar-refractivity contribution in [1.82, 2.24) is 9.97 Å². The zero-order chi connectivity index (χ0) is 19.4. The fourth-order valence-electron chi connectivity index (χ4n) is 2.49. The number of hydrogen-bond acceptors (Lipinski definition) is 5. The summed E-state index contributed by atoms with van der Waals surface area (Å²) in [7, 11) is 0. The summed E-state index contributed by atoms with van der Waals surface area (Å²) in [5, 5.41) is 14.9. The van der Waals surface area contributed by atoms with Gasteiger partial charge in [-0.1, -0.05) is 35.4 Å². The van der Waals surface area contributed by atoms with Crippen LogP contribution >= 0.6 is 0 Å². The van der Waals surface area contributed by atoms with Crippen molar-refractivity contribution in [3.05, 3.63) is 76.9 Å². The van der Waals surface area contributed by atoms with Crippen molar-refractivity contribution in [2.24, 2.45) is 0 Å². The van der Waals surface area contributed by atoms with Crippen molar-refractivity contribution in [3.63, 3.8) is 0 Å². The molecular formula is C20H18N4O3. The van der Waals surface area contributed by atoms with Gasteiger partial charge in [-0.3, -0.25) is 14.9 Å². The van der Waals surface area contributed by atoms with Crippen LogP contribution in [0.4, 0.5) is 11.8 Å². The molecule has 2 amide bonds. The molecule has 0 aliphatic carbocycles. The molecule has 136 valence electrons. The van der Waals surface area contributed by atoms with Crippen LogP contribution in [-0.2, 0) is 0 Å². The molecule has 0 spiro atoms. The number of rotatable bonds is 4. The van der Waals surface area contributed by atoms with E-state index in [0.717, 1.165) is 11.1 Å². The van der Waals surface area contributed by atoms with Gasteiger partial charge in [0.15, 0.2) is 0 Å². The van der Waals surface area contributed by atoms with Gasteiger partial charge in [0.05, 0.1) is 0 Å². The van der Waals surface area contributed by atoms with E-state index in [2.05, 4.69) is 20.6 Å². The van der Waals surface area contributed by atoms with Crippen molar-refractivity contribution in [2.45, 2.75) is 13.8 Å². The number of anilines is 2.